The molecule has 0 atom stereocenters. The number of carbonyl (C=O) groups excluding carboxylic acids is 1. The van der Waals surface area contributed by atoms with E-state index in [-0.39, 0.29) is 17.4 Å². The van der Waals surface area contributed by atoms with Crippen molar-refractivity contribution in [3.8, 4) is 17.0 Å². The maximum Gasteiger partial charge on any atom is 0.319 e. The number of urea groups is 1. The van der Waals surface area contributed by atoms with Gasteiger partial charge in [-0.2, -0.15) is 4.39 Å². The van der Waals surface area contributed by atoms with Crippen LogP contribution in [0.2, 0.25) is 0 Å². The van der Waals surface area contributed by atoms with Crippen LogP contribution in [0.1, 0.15) is 0 Å². The normalized spacial score (nSPS) is 10.7. The van der Waals surface area contributed by atoms with Crippen molar-refractivity contribution in [1.82, 2.24) is 19.9 Å². The average Bonchev–Trinajstić information content (AvgIpc) is 3.17. The molecule has 0 saturated heterocycles. The van der Waals surface area contributed by atoms with Gasteiger partial charge in [0.15, 0.2) is 0 Å². The van der Waals surface area contributed by atoms with E-state index >= 15 is 0 Å². The van der Waals surface area contributed by atoms with Crippen LogP contribution in [0.4, 0.5) is 32.2 Å². The van der Waals surface area contributed by atoms with Crippen LogP contribution in [0.15, 0.2) is 48.8 Å². The summed E-state index contributed by atoms with van der Waals surface area (Å²) in [6.45, 7) is 0. The summed E-state index contributed by atoms with van der Waals surface area (Å²) in [7, 11) is 4.68. The zero-order valence-electron chi connectivity index (χ0n) is 18.4. The number of benzene rings is 2. The number of hydrogen-bond acceptors (Lipinski definition) is 7. The summed E-state index contributed by atoms with van der Waals surface area (Å²) in [6.07, 6.45) is 3.28. The summed E-state index contributed by atoms with van der Waals surface area (Å²) in [5, 5.41) is 20.1. The smallest absolute Gasteiger partial charge is 0.319 e. The van der Waals surface area contributed by atoms with E-state index in [1.165, 1.54) is 20.4 Å². The van der Waals surface area contributed by atoms with Gasteiger partial charge in [-0.05, 0) is 6.07 Å². The highest BCUT2D eigenvalue weighted by atomic mass is 19.1. The number of para-hydroxylation sites is 1. The fraction of sp³-hybridized carbons (Fsp3) is 0.136. The first-order valence-corrected chi connectivity index (χ1v) is 10.0. The number of aryl methyl sites for hydroxylation is 1. The van der Waals surface area contributed by atoms with Crippen LogP contribution in [0, 0.1) is 15.9 Å². The van der Waals surface area contributed by atoms with Crippen LogP contribution in [-0.4, -0.2) is 39.6 Å². The molecule has 3 N–H and O–H groups in total. The van der Waals surface area contributed by atoms with Crippen molar-refractivity contribution in [2.75, 3.05) is 24.8 Å². The molecular formula is C22H20FN7O4. The molecule has 2 amide bonds. The Morgan fingerprint density at radius 1 is 1.24 bits per heavy atom. The van der Waals surface area contributed by atoms with Crippen molar-refractivity contribution >= 4 is 39.9 Å². The summed E-state index contributed by atoms with van der Waals surface area (Å²) >= 11 is 0. The number of ether oxygens (including phenoxy) is 1. The van der Waals surface area contributed by atoms with Crippen molar-refractivity contribution in [2.45, 2.75) is 0 Å². The number of methoxy groups -OCH3 is 1. The van der Waals surface area contributed by atoms with Crippen molar-refractivity contribution in [3.05, 3.63) is 64.7 Å². The number of nitrogens with zero attached hydrogens (tertiary/aromatic N) is 4. The molecule has 0 unspecified atom stereocenters. The number of amides is 2. The van der Waals surface area contributed by atoms with Crippen molar-refractivity contribution in [2.24, 2.45) is 7.05 Å². The Balaban J connectivity index is 1.84. The van der Waals surface area contributed by atoms with E-state index < -0.39 is 22.5 Å². The summed E-state index contributed by atoms with van der Waals surface area (Å²) in [6, 6.07) is 9.14. The Labute approximate surface area is 192 Å². The minimum atomic E-state index is -1.03. The van der Waals surface area contributed by atoms with Crippen molar-refractivity contribution in [1.29, 1.82) is 0 Å². The van der Waals surface area contributed by atoms with Crippen LogP contribution in [0.3, 0.4) is 0 Å². The monoisotopic (exact) mass is 465 g/mol. The molecule has 12 heteroatoms. The Bertz CT molecular complexity index is 1420. The number of nitro benzene ring substituents is 1. The number of carbonyl (C=O) groups is 1. The average molecular weight is 465 g/mol. The van der Waals surface area contributed by atoms with E-state index in [0.717, 1.165) is 28.6 Å². The topological polar surface area (TPSA) is 136 Å². The molecule has 174 valence electrons. The molecule has 0 aliphatic carbocycles. The summed E-state index contributed by atoms with van der Waals surface area (Å²) in [5.74, 6) is -0.939. The molecule has 0 radical (unpaired) electrons. The van der Waals surface area contributed by atoms with Crippen LogP contribution in [0.5, 0.6) is 5.75 Å². The van der Waals surface area contributed by atoms with Gasteiger partial charge in [-0.15, -0.1) is 0 Å². The van der Waals surface area contributed by atoms with E-state index in [0.29, 0.717) is 11.4 Å². The quantitative estimate of drug-likeness (QED) is 0.287. The second kappa shape index (κ2) is 9.02. The lowest BCUT2D eigenvalue weighted by molar-refractivity contribution is -0.387. The van der Waals surface area contributed by atoms with Gasteiger partial charge in [0.05, 0.1) is 29.6 Å². The molecule has 0 spiro atoms. The molecule has 34 heavy (non-hydrogen) atoms. The Morgan fingerprint density at radius 2 is 2.00 bits per heavy atom. The molecular weight excluding hydrogens is 445 g/mol. The first-order chi connectivity index (χ1) is 16.3. The van der Waals surface area contributed by atoms with E-state index in [4.69, 9.17) is 4.74 Å². The van der Waals surface area contributed by atoms with Gasteiger partial charge in [0.2, 0.25) is 11.8 Å². The first-order valence-electron chi connectivity index (χ1n) is 10.0. The summed E-state index contributed by atoms with van der Waals surface area (Å²) in [5.41, 5.74) is 1.81. The predicted molar refractivity (Wildman–Crippen MR) is 125 cm³/mol. The van der Waals surface area contributed by atoms with Gasteiger partial charge < -0.3 is 25.3 Å². The van der Waals surface area contributed by atoms with Gasteiger partial charge in [-0.25, -0.2) is 14.8 Å². The Hall–Kier alpha value is -4.74. The molecule has 0 aliphatic rings. The van der Waals surface area contributed by atoms with Crippen LogP contribution in [0.25, 0.3) is 22.2 Å². The standard InChI is InChI=1S/C22H20FN7O4/c1-24-22(31)27-16-10-25-21(26-15-9-18(30(32)33)14(23)8-19(15)34-3)28-20(16)13-11-29(2)17-7-5-4-6-12(13)17/h4-11H,1-3H3,(H2,24,27,31)(H,25,26,28). The van der Waals surface area contributed by atoms with Gasteiger partial charge >= 0.3 is 11.7 Å². The van der Waals surface area contributed by atoms with Crippen molar-refractivity contribution < 1.29 is 18.8 Å². The summed E-state index contributed by atoms with van der Waals surface area (Å²) in [4.78, 5) is 31.1. The van der Waals surface area contributed by atoms with E-state index in [1.54, 1.807) is 0 Å². The number of hydrogen-bond donors (Lipinski definition) is 3. The number of halogens is 1. The molecule has 0 bridgehead atoms. The number of aromatic nitrogens is 3. The molecule has 0 aliphatic heterocycles. The molecule has 4 rings (SSSR count). The minimum absolute atomic E-state index is 0.0333. The second-order valence-electron chi connectivity index (χ2n) is 7.22. The maximum absolute atomic E-state index is 14.0. The molecule has 4 aromatic rings. The fourth-order valence-corrected chi connectivity index (χ4v) is 3.52. The molecule has 11 nitrogen and oxygen atoms in total. The zero-order valence-corrected chi connectivity index (χ0v) is 18.4. The van der Waals surface area contributed by atoms with Crippen molar-refractivity contribution in [3.63, 3.8) is 0 Å². The third-order valence-electron chi connectivity index (χ3n) is 5.13. The van der Waals surface area contributed by atoms with E-state index in [9.17, 15) is 19.3 Å². The molecule has 2 aromatic heterocycles. The molecule has 0 fully saturated rings. The van der Waals surface area contributed by atoms with Gasteiger partial charge in [-0.1, -0.05) is 18.2 Å². The summed E-state index contributed by atoms with van der Waals surface area (Å²) < 4.78 is 21.1. The lowest BCUT2D eigenvalue weighted by Gasteiger charge is -2.13. The largest absolute Gasteiger partial charge is 0.494 e. The van der Waals surface area contributed by atoms with Gasteiger partial charge in [0.25, 0.3) is 0 Å². The minimum Gasteiger partial charge on any atom is -0.494 e. The maximum atomic E-state index is 14.0. The highest BCUT2D eigenvalue weighted by Crippen LogP contribution is 2.36. The van der Waals surface area contributed by atoms with Gasteiger partial charge in [0, 0.05) is 48.9 Å². The number of rotatable bonds is 6. The number of nitro groups is 1. The molecule has 2 aromatic carbocycles. The number of fused-ring (bicyclic) bond motifs is 1. The Kier molecular flexibility index (Phi) is 5.95. The highest BCUT2D eigenvalue weighted by Gasteiger charge is 2.21. The SMILES string of the molecule is CNC(=O)Nc1cnc(Nc2cc([N+](=O)[O-])c(F)cc2OC)nc1-c1cn(C)c2ccccc12. The molecule has 0 saturated carbocycles. The van der Waals surface area contributed by atoms with E-state index in [1.807, 2.05) is 42.1 Å². The van der Waals surface area contributed by atoms with Crippen LogP contribution >= 0.6 is 0 Å². The lowest BCUT2D eigenvalue weighted by Crippen LogP contribution is -2.25. The second-order valence-corrected chi connectivity index (χ2v) is 7.22. The van der Waals surface area contributed by atoms with Gasteiger partial charge in [0.1, 0.15) is 11.4 Å². The number of nitrogens with one attached hydrogen (secondary N) is 3. The van der Waals surface area contributed by atoms with Crippen LogP contribution in [-0.2, 0) is 7.05 Å². The Morgan fingerprint density at radius 3 is 2.71 bits per heavy atom. The molecule has 2 heterocycles. The van der Waals surface area contributed by atoms with Crippen LogP contribution < -0.4 is 20.7 Å². The lowest BCUT2D eigenvalue weighted by atomic mass is 10.1. The van der Waals surface area contributed by atoms with Gasteiger partial charge in [-0.3, -0.25) is 10.1 Å². The predicted octanol–water partition coefficient (Wildman–Crippen LogP) is 4.19. The van der Waals surface area contributed by atoms with E-state index in [2.05, 4.69) is 25.9 Å². The zero-order chi connectivity index (χ0) is 24.4. The third-order valence-corrected chi connectivity index (χ3v) is 5.13. The highest BCUT2D eigenvalue weighted by molar-refractivity contribution is 6.01. The fourth-order valence-electron chi connectivity index (χ4n) is 3.52. The third kappa shape index (κ3) is 4.16. The first kappa shape index (κ1) is 22.5. The number of anilines is 3.